The van der Waals surface area contributed by atoms with Gasteiger partial charge in [-0.3, -0.25) is 4.68 Å². The molecule has 1 heterocycles. The average molecular weight is 281 g/mol. The van der Waals surface area contributed by atoms with Crippen LogP contribution in [0.3, 0.4) is 0 Å². The van der Waals surface area contributed by atoms with Crippen LogP contribution in [0.15, 0.2) is 6.20 Å². The fourth-order valence-corrected chi connectivity index (χ4v) is 3.43. The number of hydrogen-bond donors (Lipinski definition) is 1. The van der Waals surface area contributed by atoms with Crippen molar-refractivity contribution >= 4 is 0 Å². The Morgan fingerprint density at radius 2 is 2.10 bits per heavy atom. The molecule has 1 fully saturated rings. The van der Waals surface area contributed by atoms with Crippen LogP contribution < -0.4 is 10.1 Å². The van der Waals surface area contributed by atoms with Crippen molar-refractivity contribution in [2.75, 3.05) is 20.3 Å². The maximum absolute atomic E-state index is 6.22. The zero-order valence-electron chi connectivity index (χ0n) is 13.1. The van der Waals surface area contributed by atoms with Gasteiger partial charge in [0.15, 0.2) is 5.75 Å². The van der Waals surface area contributed by atoms with E-state index in [1.165, 1.54) is 12.8 Å². The third-order valence-corrected chi connectivity index (χ3v) is 4.26. The number of nitrogens with one attached hydrogen (secondary N) is 1. The van der Waals surface area contributed by atoms with Crippen LogP contribution in [0.2, 0.25) is 0 Å². The molecule has 114 valence electrons. The summed E-state index contributed by atoms with van der Waals surface area (Å²) < 4.78 is 13.6. The van der Waals surface area contributed by atoms with Crippen molar-refractivity contribution in [1.29, 1.82) is 0 Å². The number of aromatic nitrogens is 2. The zero-order valence-corrected chi connectivity index (χ0v) is 13.1. The molecule has 0 aliphatic heterocycles. The lowest BCUT2D eigenvalue weighted by molar-refractivity contribution is -0.0644. The fourth-order valence-electron chi connectivity index (χ4n) is 3.43. The molecule has 5 nitrogen and oxygen atoms in total. The van der Waals surface area contributed by atoms with Gasteiger partial charge in [-0.05, 0) is 26.3 Å². The van der Waals surface area contributed by atoms with Crippen LogP contribution in [0.4, 0.5) is 0 Å². The third-order valence-electron chi connectivity index (χ3n) is 4.26. The van der Waals surface area contributed by atoms with E-state index in [4.69, 9.17) is 9.47 Å². The van der Waals surface area contributed by atoms with E-state index < -0.39 is 0 Å². The van der Waals surface area contributed by atoms with Gasteiger partial charge in [0.25, 0.3) is 0 Å². The summed E-state index contributed by atoms with van der Waals surface area (Å²) in [5.74, 6) is 0.837. The van der Waals surface area contributed by atoms with Crippen LogP contribution >= 0.6 is 0 Å². The lowest BCUT2D eigenvalue weighted by atomic mass is 9.89. The Balaban J connectivity index is 2.41. The van der Waals surface area contributed by atoms with E-state index >= 15 is 0 Å². The number of nitrogens with zero attached hydrogens (tertiary/aromatic N) is 2. The first kappa shape index (κ1) is 15.3. The van der Waals surface area contributed by atoms with E-state index in [1.54, 1.807) is 13.3 Å². The first-order valence-electron chi connectivity index (χ1n) is 7.61. The zero-order chi connectivity index (χ0) is 14.6. The van der Waals surface area contributed by atoms with Crippen molar-refractivity contribution in [3.63, 3.8) is 0 Å². The molecule has 0 amide bonds. The van der Waals surface area contributed by atoms with E-state index in [0.29, 0.717) is 0 Å². The van der Waals surface area contributed by atoms with Crippen molar-refractivity contribution in [1.82, 2.24) is 15.1 Å². The third kappa shape index (κ3) is 2.69. The Kier molecular flexibility index (Phi) is 5.05. The van der Waals surface area contributed by atoms with Crippen LogP contribution in [0, 0.1) is 0 Å². The van der Waals surface area contributed by atoms with E-state index in [9.17, 15) is 0 Å². The van der Waals surface area contributed by atoms with Crippen LogP contribution in [-0.2, 0) is 11.8 Å². The van der Waals surface area contributed by atoms with E-state index in [1.807, 2.05) is 11.7 Å². The highest BCUT2D eigenvalue weighted by molar-refractivity contribution is 5.31. The second-order valence-electron chi connectivity index (χ2n) is 5.42. The van der Waals surface area contributed by atoms with Crippen LogP contribution in [0.25, 0.3) is 0 Å². The van der Waals surface area contributed by atoms with Gasteiger partial charge in [0.05, 0.1) is 30.6 Å². The molecule has 1 aromatic heterocycles. The number of hydrogen-bond acceptors (Lipinski definition) is 4. The van der Waals surface area contributed by atoms with Crippen LogP contribution in [-0.4, -0.2) is 35.6 Å². The molecule has 0 bridgehead atoms. The quantitative estimate of drug-likeness (QED) is 0.834. The second-order valence-corrected chi connectivity index (χ2v) is 5.42. The summed E-state index contributed by atoms with van der Waals surface area (Å²) in [7, 11) is 3.67. The molecule has 1 aliphatic rings. The van der Waals surface area contributed by atoms with Gasteiger partial charge in [0, 0.05) is 13.7 Å². The highest BCUT2D eigenvalue weighted by Gasteiger charge is 2.45. The highest BCUT2D eigenvalue weighted by atomic mass is 16.5. The van der Waals surface area contributed by atoms with Crippen molar-refractivity contribution in [2.24, 2.45) is 7.05 Å². The van der Waals surface area contributed by atoms with Crippen molar-refractivity contribution in [3.8, 4) is 5.75 Å². The minimum atomic E-state index is -0.133. The predicted octanol–water partition coefficient (Wildman–Crippen LogP) is 2.43. The minimum Gasteiger partial charge on any atom is -0.493 e. The molecule has 1 unspecified atom stereocenters. The number of methoxy groups -OCH3 is 1. The van der Waals surface area contributed by atoms with Gasteiger partial charge >= 0.3 is 0 Å². The van der Waals surface area contributed by atoms with E-state index in [0.717, 1.165) is 37.4 Å². The summed E-state index contributed by atoms with van der Waals surface area (Å²) in [5.41, 5.74) is 0.955. The Labute approximate surface area is 121 Å². The van der Waals surface area contributed by atoms with Crippen molar-refractivity contribution < 1.29 is 9.47 Å². The SMILES string of the molecule is CCNC(c1c(OC)cnn1C)C1(OCC)CCCC1. The van der Waals surface area contributed by atoms with E-state index in [2.05, 4.69) is 24.3 Å². The Hall–Kier alpha value is -1.07. The predicted molar refractivity (Wildman–Crippen MR) is 79.0 cm³/mol. The molecule has 1 N–H and O–H groups in total. The topological polar surface area (TPSA) is 48.3 Å². The van der Waals surface area contributed by atoms with E-state index in [-0.39, 0.29) is 11.6 Å². The van der Waals surface area contributed by atoms with Gasteiger partial charge in [-0.25, -0.2) is 0 Å². The van der Waals surface area contributed by atoms with Crippen LogP contribution in [0.5, 0.6) is 5.75 Å². The molecular weight excluding hydrogens is 254 g/mol. The largest absolute Gasteiger partial charge is 0.493 e. The Bertz CT molecular complexity index is 425. The monoisotopic (exact) mass is 281 g/mol. The summed E-state index contributed by atoms with van der Waals surface area (Å²) >= 11 is 0. The Morgan fingerprint density at radius 1 is 1.40 bits per heavy atom. The van der Waals surface area contributed by atoms with Crippen LogP contribution in [0.1, 0.15) is 51.3 Å². The molecule has 0 radical (unpaired) electrons. The lowest BCUT2D eigenvalue weighted by Gasteiger charge is -2.38. The van der Waals surface area contributed by atoms with Crippen molar-refractivity contribution in [2.45, 2.75) is 51.2 Å². The summed E-state index contributed by atoms with van der Waals surface area (Å²) in [6.45, 7) is 5.84. The summed E-state index contributed by atoms with van der Waals surface area (Å²) in [6.07, 6.45) is 6.41. The first-order chi connectivity index (χ1) is 9.68. The van der Waals surface area contributed by atoms with Gasteiger partial charge in [0.2, 0.25) is 0 Å². The molecule has 5 heteroatoms. The molecule has 0 aromatic carbocycles. The molecule has 1 atom stereocenters. The van der Waals surface area contributed by atoms with Crippen molar-refractivity contribution in [3.05, 3.63) is 11.9 Å². The summed E-state index contributed by atoms with van der Waals surface area (Å²) in [4.78, 5) is 0. The summed E-state index contributed by atoms with van der Waals surface area (Å²) in [5, 5.41) is 7.95. The Morgan fingerprint density at radius 3 is 2.65 bits per heavy atom. The normalized spacial score (nSPS) is 19.2. The van der Waals surface area contributed by atoms with Gasteiger partial charge in [0.1, 0.15) is 0 Å². The molecule has 20 heavy (non-hydrogen) atoms. The molecule has 1 aliphatic carbocycles. The molecule has 1 aromatic rings. The number of aryl methyl sites for hydroxylation is 1. The van der Waals surface area contributed by atoms with Gasteiger partial charge in [-0.15, -0.1) is 0 Å². The van der Waals surface area contributed by atoms with Gasteiger partial charge in [-0.1, -0.05) is 19.8 Å². The van der Waals surface area contributed by atoms with Gasteiger partial charge in [-0.2, -0.15) is 5.10 Å². The first-order valence-corrected chi connectivity index (χ1v) is 7.61. The molecular formula is C15H27N3O2. The minimum absolute atomic E-state index is 0.123. The second kappa shape index (κ2) is 6.59. The number of likely N-dealkylation sites (N-methyl/N-ethyl adjacent to an activating group) is 1. The molecule has 0 saturated heterocycles. The fraction of sp³-hybridized carbons (Fsp3) is 0.800. The average Bonchev–Trinajstić information content (AvgIpc) is 3.04. The number of rotatable bonds is 7. The lowest BCUT2D eigenvalue weighted by Crippen LogP contribution is -2.45. The standard InChI is InChI=1S/C15H27N3O2/c1-5-16-14(13-12(19-4)11-17-18(13)3)15(20-6-2)9-7-8-10-15/h11,14,16H,5-10H2,1-4H3. The highest BCUT2D eigenvalue weighted by Crippen LogP contribution is 2.44. The molecule has 0 spiro atoms. The summed E-state index contributed by atoms with van der Waals surface area (Å²) in [6, 6.07) is 0.123. The molecule has 1 saturated carbocycles. The maximum Gasteiger partial charge on any atom is 0.161 e. The molecule has 2 rings (SSSR count). The van der Waals surface area contributed by atoms with Gasteiger partial charge < -0.3 is 14.8 Å². The smallest absolute Gasteiger partial charge is 0.161 e. The maximum atomic E-state index is 6.22. The number of ether oxygens (including phenoxy) is 2.